The molecule has 0 amide bonds. The Hall–Kier alpha value is -2.46. The maximum atomic E-state index is 13.8. The second-order valence-electron chi connectivity index (χ2n) is 8.06. The maximum Gasteiger partial charge on any atom is 0.278 e. The number of nitrogens with zero attached hydrogens (tertiary/aromatic N) is 3. The van der Waals surface area contributed by atoms with Gasteiger partial charge >= 0.3 is 0 Å². The third-order valence-electron chi connectivity index (χ3n) is 5.87. The van der Waals surface area contributed by atoms with Gasteiger partial charge in [-0.3, -0.25) is 9.36 Å². The number of ether oxygens (including phenoxy) is 2. The maximum absolute atomic E-state index is 13.8. The van der Waals surface area contributed by atoms with E-state index < -0.39 is 0 Å². The molecule has 4 aromatic rings. The van der Waals surface area contributed by atoms with Crippen molar-refractivity contribution in [3.05, 3.63) is 74.5 Å². The first-order valence-corrected chi connectivity index (χ1v) is 13.4. The highest BCUT2D eigenvalue weighted by Crippen LogP contribution is 2.30. The Morgan fingerprint density at radius 2 is 2.00 bits per heavy atom. The summed E-state index contributed by atoms with van der Waals surface area (Å²) < 4.78 is 16.3. The van der Waals surface area contributed by atoms with Crippen LogP contribution in [0.4, 0.5) is 0 Å². The van der Waals surface area contributed by atoms with Crippen molar-refractivity contribution in [2.45, 2.75) is 37.1 Å². The molecule has 176 valence electrons. The Kier molecular flexibility index (Phi) is 7.15. The molecule has 1 fully saturated rings. The van der Waals surface area contributed by atoms with E-state index in [9.17, 15) is 4.79 Å². The predicted molar refractivity (Wildman–Crippen MR) is 140 cm³/mol. The van der Waals surface area contributed by atoms with Gasteiger partial charge in [-0.25, -0.2) is 4.98 Å². The first kappa shape index (κ1) is 23.3. The Balaban J connectivity index is 1.61. The molecule has 1 aliphatic rings. The molecule has 0 radical (unpaired) electrons. The van der Waals surface area contributed by atoms with Crippen LogP contribution in [-0.4, -0.2) is 39.7 Å². The van der Waals surface area contributed by atoms with Gasteiger partial charge in [0.05, 0.1) is 18.9 Å². The van der Waals surface area contributed by atoms with Crippen molar-refractivity contribution < 1.29 is 9.47 Å². The Bertz CT molecular complexity index is 1410. The van der Waals surface area contributed by atoms with Crippen molar-refractivity contribution in [3.63, 3.8) is 0 Å². The Morgan fingerprint density at radius 1 is 1.21 bits per heavy atom. The number of thiazole rings is 1. The van der Waals surface area contributed by atoms with Crippen LogP contribution >= 0.6 is 35.3 Å². The second-order valence-corrected chi connectivity index (χ2v) is 10.7. The van der Waals surface area contributed by atoms with Crippen LogP contribution in [0.2, 0.25) is 0 Å². The number of rotatable bonds is 8. The fourth-order valence-electron chi connectivity index (χ4n) is 4.13. The van der Waals surface area contributed by atoms with Crippen LogP contribution in [0.1, 0.15) is 18.4 Å². The number of hydrogen-bond acceptors (Lipinski definition) is 7. The summed E-state index contributed by atoms with van der Waals surface area (Å²) in [7, 11) is 1.61. The highest BCUT2D eigenvalue weighted by Gasteiger charge is 2.22. The van der Waals surface area contributed by atoms with Crippen LogP contribution in [0.15, 0.2) is 64.5 Å². The monoisotopic (exact) mass is 511 g/mol. The number of aromatic nitrogens is 3. The molecule has 0 spiro atoms. The fraction of sp³-hybridized carbons (Fsp3) is 0.320. The third kappa shape index (κ3) is 4.70. The molecule has 0 bridgehead atoms. The molecule has 0 unspecified atom stereocenters. The molecule has 0 aliphatic carbocycles. The van der Waals surface area contributed by atoms with E-state index in [4.69, 9.17) is 26.7 Å². The zero-order valence-corrected chi connectivity index (χ0v) is 21.3. The smallest absolute Gasteiger partial charge is 0.278 e. The first-order valence-electron chi connectivity index (χ1n) is 11.2. The summed E-state index contributed by atoms with van der Waals surface area (Å²) in [6.45, 7) is 1.46. The molecule has 3 heterocycles. The summed E-state index contributed by atoms with van der Waals surface area (Å²) in [6.07, 6.45) is 3.09. The largest absolute Gasteiger partial charge is 0.495 e. The van der Waals surface area contributed by atoms with Crippen LogP contribution in [0.5, 0.6) is 5.75 Å². The van der Waals surface area contributed by atoms with Crippen molar-refractivity contribution in [1.82, 2.24) is 14.1 Å². The van der Waals surface area contributed by atoms with Gasteiger partial charge in [-0.2, -0.15) is 0 Å². The average Bonchev–Trinajstić information content (AvgIpc) is 3.50. The third-order valence-corrected chi connectivity index (χ3v) is 8.37. The summed E-state index contributed by atoms with van der Waals surface area (Å²) in [5, 5.41) is 0.624. The minimum atomic E-state index is -0.126. The summed E-state index contributed by atoms with van der Waals surface area (Å²) in [5.74, 6) is 1.36. The quantitative estimate of drug-likeness (QED) is 0.177. The molecular formula is C25H25N3O3S3. The van der Waals surface area contributed by atoms with E-state index in [0.29, 0.717) is 37.4 Å². The molecule has 1 saturated heterocycles. The van der Waals surface area contributed by atoms with Gasteiger partial charge in [-0.15, -0.1) is 0 Å². The van der Waals surface area contributed by atoms with E-state index in [1.165, 1.54) is 16.9 Å². The number of benzene rings is 2. The van der Waals surface area contributed by atoms with Gasteiger partial charge in [0.1, 0.15) is 10.4 Å². The van der Waals surface area contributed by atoms with Crippen molar-refractivity contribution in [2.24, 2.45) is 0 Å². The normalized spacial score (nSPS) is 15.7. The lowest BCUT2D eigenvalue weighted by molar-refractivity contribution is 0.129. The topological polar surface area (TPSA) is 58.3 Å². The lowest BCUT2D eigenvalue weighted by Crippen LogP contribution is -2.23. The number of aryl methyl sites for hydroxylation is 2. The van der Waals surface area contributed by atoms with Crippen LogP contribution in [0.25, 0.3) is 16.0 Å². The van der Waals surface area contributed by atoms with Crippen molar-refractivity contribution in [2.75, 3.05) is 19.5 Å². The summed E-state index contributed by atoms with van der Waals surface area (Å²) >= 11 is 8.54. The van der Waals surface area contributed by atoms with Gasteiger partial charge < -0.3 is 14.0 Å². The zero-order chi connectivity index (χ0) is 23.5. The summed E-state index contributed by atoms with van der Waals surface area (Å²) in [5.41, 5.74) is 2.42. The standard InChI is InChI=1S/C25H25N3O3S3/c1-30-20-12-6-5-11-19(20)28-23(29)21-22(26-24(28)33-16-18-10-7-15-31-18)27(25(32)34-21)14-13-17-8-3-2-4-9-17/h2-6,8-9,11-12,18H,7,10,13-16H2,1H3/t18-/m0/s1. The number of para-hydroxylation sites is 2. The molecule has 0 saturated carbocycles. The Morgan fingerprint density at radius 3 is 2.76 bits per heavy atom. The van der Waals surface area contributed by atoms with Gasteiger partial charge in [0.15, 0.2) is 14.8 Å². The van der Waals surface area contributed by atoms with Crippen LogP contribution in [0, 0.1) is 3.95 Å². The average molecular weight is 512 g/mol. The van der Waals surface area contributed by atoms with E-state index in [1.54, 1.807) is 23.4 Å². The molecule has 2 aromatic heterocycles. The number of hydrogen-bond donors (Lipinski definition) is 0. The Labute approximate surface area is 211 Å². The fourth-order valence-corrected chi connectivity index (χ4v) is 6.50. The highest BCUT2D eigenvalue weighted by atomic mass is 32.2. The molecule has 2 aromatic carbocycles. The van der Waals surface area contributed by atoms with E-state index in [2.05, 4.69) is 12.1 Å². The van der Waals surface area contributed by atoms with Gasteiger partial charge in [-0.05, 0) is 49.2 Å². The summed E-state index contributed by atoms with van der Waals surface area (Å²) in [4.78, 5) is 18.8. The van der Waals surface area contributed by atoms with E-state index >= 15 is 0 Å². The second kappa shape index (κ2) is 10.4. The SMILES string of the molecule is COc1ccccc1-n1c(SC[C@@H]2CCCO2)nc2c(sc(=S)n2CCc2ccccc2)c1=O. The molecule has 6 nitrogen and oxygen atoms in total. The van der Waals surface area contributed by atoms with Crippen molar-refractivity contribution in [3.8, 4) is 11.4 Å². The minimum Gasteiger partial charge on any atom is -0.495 e. The van der Waals surface area contributed by atoms with E-state index in [0.717, 1.165) is 31.6 Å². The van der Waals surface area contributed by atoms with Crippen molar-refractivity contribution in [1.29, 1.82) is 0 Å². The van der Waals surface area contributed by atoms with Gasteiger partial charge in [0.25, 0.3) is 5.56 Å². The molecule has 5 rings (SSSR count). The van der Waals surface area contributed by atoms with Crippen LogP contribution in [0.3, 0.4) is 0 Å². The number of thioether (sulfide) groups is 1. The van der Waals surface area contributed by atoms with Gasteiger partial charge in [0.2, 0.25) is 0 Å². The minimum absolute atomic E-state index is 0.126. The van der Waals surface area contributed by atoms with E-state index in [-0.39, 0.29) is 11.7 Å². The number of fused-ring (bicyclic) bond motifs is 1. The molecule has 1 aliphatic heterocycles. The number of methoxy groups -OCH3 is 1. The lowest BCUT2D eigenvalue weighted by Gasteiger charge is -2.16. The lowest BCUT2D eigenvalue weighted by atomic mass is 10.1. The van der Waals surface area contributed by atoms with Gasteiger partial charge in [0, 0.05) is 18.9 Å². The molecule has 9 heteroatoms. The highest BCUT2D eigenvalue weighted by molar-refractivity contribution is 7.99. The molecule has 0 N–H and O–H groups in total. The molecule has 34 heavy (non-hydrogen) atoms. The van der Waals surface area contributed by atoms with E-state index in [1.807, 2.05) is 47.0 Å². The summed E-state index contributed by atoms with van der Waals surface area (Å²) in [6, 6.07) is 17.8. The van der Waals surface area contributed by atoms with Gasteiger partial charge in [-0.1, -0.05) is 65.6 Å². The predicted octanol–water partition coefficient (Wildman–Crippen LogP) is 5.50. The molecular weight excluding hydrogens is 486 g/mol. The first-order chi connectivity index (χ1) is 16.7. The van der Waals surface area contributed by atoms with Crippen LogP contribution < -0.4 is 10.3 Å². The van der Waals surface area contributed by atoms with Crippen molar-refractivity contribution >= 4 is 45.7 Å². The molecule has 1 atom stereocenters. The van der Waals surface area contributed by atoms with Crippen LogP contribution in [-0.2, 0) is 17.7 Å². The zero-order valence-electron chi connectivity index (χ0n) is 18.8.